The standard InChI is InChI=1S/C16H13NO3/c1-20-15-7-10(6-11(9-18)16(15)19)13-8-17-14-5-3-2-4-12(13)14/h2-9,17,19H,1H3. The van der Waals surface area contributed by atoms with E-state index in [1.807, 2.05) is 30.5 Å². The number of fused-ring (bicyclic) bond motifs is 1. The van der Waals surface area contributed by atoms with E-state index in [1.54, 1.807) is 12.1 Å². The number of methoxy groups -OCH3 is 1. The summed E-state index contributed by atoms with van der Waals surface area (Å²) >= 11 is 0. The lowest BCUT2D eigenvalue weighted by Gasteiger charge is -2.08. The van der Waals surface area contributed by atoms with Crippen LogP contribution in [0.2, 0.25) is 0 Å². The third-order valence-electron chi connectivity index (χ3n) is 3.35. The molecule has 0 saturated heterocycles. The number of carbonyl (C=O) groups is 1. The Morgan fingerprint density at radius 3 is 2.80 bits per heavy atom. The number of para-hydroxylation sites is 1. The van der Waals surface area contributed by atoms with Gasteiger partial charge in [-0.25, -0.2) is 0 Å². The minimum atomic E-state index is -0.133. The molecular weight excluding hydrogens is 254 g/mol. The summed E-state index contributed by atoms with van der Waals surface area (Å²) < 4.78 is 5.12. The molecule has 20 heavy (non-hydrogen) atoms. The summed E-state index contributed by atoms with van der Waals surface area (Å²) in [5, 5.41) is 10.9. The SMILES string of the molecule is COc1cc(-c2c[nH]c3ccccc23)cc(C=O)c1O. The van der Waals surface area contributed by atoms with Gasteiger partial charge in [0.2, 0.25) is 0 Å². The van der Waals surface area contributed by atoms with Gasteiger partial charge >= 0.3 is 0 Å². The fourth-order valence-corrected chi connectivity index (χ4v) is 2.34. The van der Waals surface area contributed by atoms with Gasteiger partial charge in [-0.1, -0.05) is 18.2 Å². The molecule has 4 nitrogen and oxygen atoms in total. The van der Waals surface area contributed by atoms with Gasteiger partial charge < -0.3 is 14.8 Å². The van der Waals surface area contributed by atoms with Gasteiger partial charge in [-0.15, -0.1) is 0 Å². The van der Waals surface area contributed by atoms with Gasteiger partial charge in [0.25, 0.3) is 0 Å². The van der Waals surface area contributed by atoms with Crippen molar-refractivity contribution >= 4 is 17.2 Å². The maximum atomic E-state index is 11.1. The first-order chi connectivity index (χ1) is 9.74. The number of phenols is 1. The Morgan fingerprint density at radius 1 is 1.25 bits per heavy atom. The molecular formula is C16H13NO3. The summed E-state index contributed by atoms with van der Waals surface area (Å²) in [6.07, 6.45) is 2.50. The number of nitrogens with one attached hydrogen (secondary N) is 1. The van der Waals surface area contributed by atoms with Gasteiger partial charge in [0.05, 0.1) is 12.7 Å². The number of phenolic OH excluding ortho intramolecular Hbond substituents is 1. The molecule has 0 aliphatic heterocycles. The molecule has 0 unspecified atom stereocenters. The van der Waals surface area contributed by atoms with Crippen LogP contribution in [0, 0.1) is 0 Å². The molecule has 1 heterocycles. The monoisotopic (exact) mass is 267 g/mol. The first kappa shape index (κ1) is 12.3. The smallest absolute Gasteiger partial charge is 0.168 e. The minimum absolute atomic E-state index is 0.133. The number of H-pyrrole nitrogens is 1. The fraction of sp³-hybridized carbons (Fsp3) is 0.0625. The number of aromatic amines is 1. The molecule has 100 valence electrons. The Kier molecular flexibility index (Phi) is 2.91. The average molecular weight is 267 g/mol. The number of aldehydes is 1. The molecule has 3 aromatic rings. The highest BCUT2D eigenvalue weighted by molar-refractivity contribution is 5.97. The maximum absolute atomic E-state index is 11.1. The number of rotatable bonds is 3. The Morgan fingerprint density at radius 2 is 2.05 bits per heavy atom. The van der Waals surface area contributed by atoms with E-state index in [0.29, 0.717) is 6.29 Å². The molecule has 0 amide bonds. The lowest BCUT2D eigenvalue weighted by molar-refractivity contribution is 0.112. The first-order valence-corrected chi connectivity index (χ1v) is 6.17. The van der Waals surface area contributed by atoms with E-state index in [0.717, 1.165) is 22.0 Å². The topological polar surface area (TPSA) is 62.3 Å². The number of carbonyl (C=O) groups excluding carboxylic acids is 1. The molecule has 1 aromatic heterocycles. The van der Waals surface area contributed by atoms with Gasteiger partial charge in [0, 0.05) is 22.7 Å². The number of benzene rings is 2. The van der Waals surface area contributed by atoms with Gasteiger partial charge in [-0.3, -0.25) is 4.79 Å². The highest BCUT2D eigenvalue weighted by Crippen LogP contribution is 2.37. The van der Waals surface area contributed by atoms with E-state index in [4.69, 9.17) is 4.74 Å². The lowest BCUT2D eigenvalue weighted by Crippen LogP contribution is -1.90. The van der Waals surface area contributed by atoms with Crippen LogP contribution >= 0.6 is 0 Å². The van der Waals surface area contributed by atoms with Crippen LogP contribution in [-0.4, -0.2) is 23.5 Å². The highest BCUT2D eigenvalue weighted by atomic mass is 16.5. The van der Waals surface area contributed by atoms with Crippen molar-refractivity contribution < 1.29 is 14.6 Å². The number of aromatic nitrogens is 1. The summed E-state index contributed by atoms with van der Waals surface area (Å²) in [5.74, 6) is 0.154. The van der Waals surface area contributed by atoms with Crippen LogP contribution in [0.3, 0.4) is 0 Å². The lowest BCUT2D eigenvalue weighted by atomic mass is 10.0. The predicted molar refractivity (Wildman–Crippen MR) is 77.3 cm³/mol. The molecule has 4 heteroatoms. The summed E-state index contributed by atoms with van der Waals surface area (Å²) in [7, 11) is 1.46. The Labute approximate surface area is 115 Å². The molecule has 0 saturated carbocycles. The Bertz CT molecular complexity index is 790. The van der Waals surface area contributed by atoms with Gasteiger partial charge in [-0.05, 0) is 23.8 Å². The molecule has 2 aromatic carbocycles. The second-order valence-corrected chi connectivity index (χ2v) is 4.48. The Balaban J connectivity index is 2.26. The molecule has 0 radical (unpaired) electrons. The molecule has 0 bridgehead atoms. The number of hydrogen-bond donors (Lipinski definition) is 2. The zero-order valence-corrected chi connectivity index (χ0v) is 10.9. The number of ether oxygens (including phenoxy) is 1. The van der Waals surface area contributed by atoms with Crippen LogP contribution in [0.5, 0.6) is 11.5 Å². The van der Waals surface area contributed by atoms with Crippen molar-refractivity contribution in [2.45, 2.75) is 0 Å². The van der Waals surface area contributed by atoms with Crippen molar-refractivity contribution in [3.63, 3.8) is 0 Å². The fourth-order valence-electron chi connectivity index (χ4n) is 2.34. The molecule has 0 fully saturated rings. The summed E-state index contributed by atoms with van der Waals surface area (Å²) in [5.41, 5.74) is 3.01. The van der Waals surface area contributed by atoms with E-state index in [1.165, 1.54) is 7.11 Å². The molecule has 0 aliphatic rings. The van der Waals surface area contributed by atoms with E-state index in [2.05, 4.69) is 4.98 Å². The number of hydrogen-bond acceptors (Lipinski definition) is 3. The molecule has 0 spiro atoms. The van der Waals surface area contributed by atoms with Crippen LogP contribution in [0.4, 0.5) is 0 Å². The largest absolute Gasteiger partial charge is 0.504 e. The van der Waals surface area contributed by atoms with E-state index >= 15 is 0 Å². The van der Waals surface area contributed by atoms with Gasteiger partial charge in [0.1, 0.15) is 0 Å². The molecule has 0 aliphatic carbocycles. The second kappa shape index (κ2) is 4.74. The van der Waals surface area contributed by atoms with Crippen molar-refractivity contribution in [2.24, 2.45) is 0 Å². The van der Waals surface area contributed by atoms with Crippen molar-refractivity contribution in [2.75, 3.05) is 7.11 Å². The first-order valence-electron chi connectivity index (χ1n) is 6.17. The third kappa shape index (κ3) is 1.82. The van der Waals surface area contributed by atoms with Gasteiger partial charge in [-0.2, -0.15) is 0 Å². The highest BCUT2D eigenvalue weighted by Gasteiger charge is 2.13. The molecule has 3 rings (SSSR count). The normalized spacial score (nSPS) is 10.7. The van der Waals surface area contributed by atoms with E-state index in [-0.39, 0.29) is 17.1 Å². The van der Waals surface area contributed by atoms with E-state index < -0.39 is 0 Å². The van der Waals surface area contributed by atoms with Crippen molar-refractivity contribution in [1.29, 1.82) is 0 Å². The Hall–Kier alpha value is -2.75. The van der Waals surface area contributed by atoms with Crippen molar-refractivity contribution in [3.8, 4) is 22.6 Å². The van der Waals surface area contributed by atoms with Crippen LogP contribution < -0.4 is 4.74 Å². The summed E-state index contributed by atoms with van der Waals surface area (Å²) in [4.78, 5) is 14.2. The molecule has 0 atom stereocenters. The minimum Gasteiger partial charge on any atom is -0.504 e. The number of aromatic hydroxyl groups is 1. The van der Waals surface area contributed by atoms with Gasteiger partial charge in [0.15, 0.2) is 17.8 Å². The maximum Gasteiger partial charge on any atom is 0.168 e. The van der Waals surface area contributed by atoms with Crippen LogP contribution in [0.25, 0.3) is 22.0 Å². The van der Waals surface area contributed by atoms with Crippen molar-refractivity contribution in [3.05, 3.63) is 48.2 Å². The quantitative estimate of drug-likeness (QED) is 0.715. The second-order valence-electron chi connectivity index (χ2n) is 4.48. The van der Waals surface area contributed by atoms with E-state index in [9.17, 15) is 9.90 Å². The van der Waals surface area contributed by atoms with Crippen LogP contribution in [-0.2, 0) is 0 Å². The van der Waals surface area contributed by atoms with Crippen molar-refractivity contribution in [1.82, 2.24) is 4.98 Å². The van der Waals surface area contributed by atoms with Crippen LogP contribution in [0.1, 0.15) is 10.4 Å². The molecule has 2 N–H and O–H groups in total. The third-order valence-corrected chi connectivity index (χ3v) is 3.35. The summed E-state index contributed by atoms with van der Waals surface area (Å²) in [6, 6.07) is 11.3. The predicted octanol–water partition coefficient (Wildman–Crippen LogP) is 3.36. The average Bonchev–Trinajstić information content (AvgIpc) is 2.91. The zero-order valence-electron chi connectivity index (χ0n) is 10.9. The summed E-state index contributed by atoms with van der Waals surface area (Å²) in [6.45, 7) is 0. The van der Waals surface area contributed by atoms with Crippen LogP contribution in [0.15, 0.2) is 42.6 Å². The zero-order chi connectivity index (χ0) is 14.1.